The normalized spacial score (nSPS) is 14.3. The molecule has 1 aromatic carbocycles. The molecule has 2 unspecified atom stereocenters. The average molecular weight is 238 g/mol. The predicted octanol–water partition coefficient (Wildman–Crippen LogP) is 0.982. The van der Waals surface area contributed by atoms with Gasteiger partial charge in [-0.15, -0.1) is 0 Å². The molecule has 0 saturated heterocycles. The van der Waals surface area contributed by atoms with Crippen molar-refractivity contribution in [3.63, 3.8) is 0 Å². The standard InChI is InChI=1S/C13H18O4/c1-9-2-4-10(5-3-9)6-11(13(16)17)7-12(15)8-14/h2-5,11-12,14-15H,6-8H2,1H3,(H,16,17). The minimum Gasteiger partial charge on any atom is -0.481 e. The summed E-state index contributed by atoms with van der Waals surface area (Å²) in [5, 5.41) is 27.1. The maximum absolute atomic E-state index is 11.0. The van der Waals surface area contributed by atoms with Gasteiger partial charge in [-0.1, -0.05) is 29.8 Å². The third-order valence-corrected chi connectivity index (χ3v) is 2.72. The Morgan fingerprint density at radius 2 is 1.88 bits per heavy atom. The summed E-state index contributed by atoms with van der Waals surface area (Å²) in [5.74, 6) is -1.61. The number of hydrogen-bond acceptors (Lipinski definition) is 3. The topological polar surface area (TPSA) is 77.8 Å². The smallest absolute Gasteiger partial charge is 0.306 e. The fourth-order valence-corrected chi connectivity index (χ4v) is 1.68. The number of aliphatic hydroxyl groups excluding tert-OH is 2. The summed E-state index contributed by atoms with van der Waals surface area (Å²) in [7, 11) is 0. The number of rotatable bonds is 6. The van der Waals surface area contributed by atoms with Gasteiger partial charge in [0.25, 0.3) is 0 Å². The largest absolute Gasteiger partial charge is 0.481 e. The highest BCUT2D eigenvalue weighted by Crippen LogP contribution is 2.15. The number of carbonyl (C=O) groups is 1. The zero-order valence-electron chi connectivity index (χ0n) is 9.84. The van der Waals surface area contributed by atoms with Gasteiger partial charge in [-0.05, 0) is 25.3 Å². The second-order valence-corrected chi connectivity index (χ2v) is 4.30. The van der Waals surface area contributed by atoms with Gasteiger partial charge in [0.2, 0.25) is 0 Å². The van der Waals surface area contributed by atoms with Gasteiger partial charge in [-0.3, -0.25) is 4.79 Å². The second-order valence-electron chi connectivity index (χ2n) is 4.30. The van der Waals surface area contributed by atoms with Crippen molar-refractivity contribution in [1.82, 2.24) is 0 Å². The van der Waals surface area contributed by atoms with Gasteiger partial charge in [-0.2, -0.15) is 0 Å². The van der Waals surface area contributed by atoms with Crippen LogP contribution in [-0.2, 0) is 11.2 Å². The molecule has 0 saturated carbocycles. The molecular formula is C13H18O4. The van der Waals surface area contributed by atoms with Crippen molar-refractivity contribution in [2.24, 2.45) is 5.92 Å². The molecule has 0 radical (unpaired) electrons. The summed E-state index contributed by atoms with van der Waals surface area (Å²) in [4.78, 5) is 11.0. The number of carboxylic acid groups (broad SMARTS) is 1. The monoisotopic (exact) mass is 238 g/mol. The van der Waals surface area contributed by atoms with Crippen LogP contribution in [0.25, 0.3) is 0 Å². The molecule has 1 aromatic rings. The van der Waals surface area contributed by atoms with E-state index in [0.717, 1.165) is 11.1 Å². The summed E-state index contributed by atoms with van der Waals surface area (Å²) < 4.78 is 0. The molecule has 1 rings (SSSR count). The van der Waals surface area contributed by atoms with Crippen LogP contribution in [0.2, 0.25) is 0 Å². The second kappa shape index (κ2) is 6.37. The predicted molar refractivity (Wildman–Crippen MR) is 63.7 cm³/mol. The quantitative estimate of drug-likeness (QED) is 0.690. The number of aliphatic carboxylic acids is 1. The molecule has 0 aromatic heterocycles. The number of aryl methyl sites for hydroxylation is 1. The van der Waals surface area contributed by atoms with Crippen molar-refractivity contribution < 1.29 is 20.1 Å². The van der Waals surface area contributed by atoms with Crippen LogP contribution in [0.15, 0.2) is 24.3 Å². The van der Waals surface area contributed by atoms with Gasteiger partial charge < -0.3 is 15.3 Å². The number of hydrogen-bond donors (Lipinski definition) is 3. The fraction of sp³-hybridized carbons (Fsp3) is 0.462. The van der Waals surface area contributed by atoms with Crippen molar-refractivity contribution in [3.05, 3.63) is 35.4 Å². The zero-order chi connectivity index (χ0) is 12.8. The Kier molecular flexibility index (Phi) is 5.12. The maximum atomic E-state index is 11.0. The lowest BCUT2D eigenvalue weighted by atomic mass is 9.93. The van der Waals surface area contributed by atoms with Crippen molar-refractivity contribution in [2.75, 3.05) is 6.61 Å². The van der Waals surface area contributed by atoms with Crippen molar-refractivity contribution in [2.45, 2.75) is 25.9 Å². The first-order valence-corrected chi connectivity index (χ1v) is 5.60. The van der Waals surface area contributed by atoms with E-state index in [1.54, 1.807) is 0 Å². The molecule has 17 heavy (non-hydrogen) atoms. The highest BCUT2D eigenvalue weighted by Gasteiger charge is 2.21. The van der Waals surface area contributed by atoms with Gasteiger partial charge >= 0.3 is 5.97 Å². The third-order valence-electron chi connectivity index (χ3n) is 2.72. The van der Waals surface area contributed by atoms with Crippen molar-refractivity contribution in [3.8, 4) is 0 Å². The summed E-state index contributed by atoms with van der Waals surface area (Å²) in [6.07, 6.45) is -0.534. The van der Waals surface area contributed by atoms with Crippen LogP contribution >= 0.6 is 0 Å². The van der Waals surface area contributed by atoms with E-state index in [1.807, 2.05) is 31.2 Å². The van der Waals surface area contributed by atoms with E-state index in [9.17, 15) is 9.90 Å². The molecular weight excluding hydrogens is 220 g/mol. The summed E-state index contributed by atoms with van der Waals surface area (Å²) in [6, 6.07) is 7.63. The van der Waals surface area contributed by atoms with Crippen LogP contribution in [0.5, 0.6) is 0 Å². The third kappa shape index (κ3) is 4.54. The Labute approximate surface area is 101 Å². The Bertz CT molecular complexity index is 358. The molecule has 0 aliphatic heterocycles. The molecule has 4 nitrogen and oxygen atoms in total. The molecule has 2 atom stereocenters. The van der Waals surface area contributed by atoms with Crippen molar-refractivity contribution in [1.29, 1.82) is 0 Å². The molecule has 0 spiro atoms. The molecule has 0 aliphatic carbocycles. The van der Waals surface area contributed by atoms with Gasteiger partial charge in [-0.25, -0.2) is 0 Å². The van der Waals surface area contributed by atoms with Crippen LogP contribution in [0.3, 0.4) is 0 Å². The van der Waals surface area contributed by atoms with Crippen LogP contribution in [-0.4, -0.2) is 34.0 Å². The van der Waals surface area contributed by atoms with Gasteiger partial charge in [0.1, 0.15) is 0 Å². The first-order chi connectivity index (χ1) is 8.02. The van der Waals surface area contributed by atoms with E-state index in [4.69, 9.17) is 10.2 Å². The molecule has 3 N–H and O–H groups in total. The van der Waals surface area contributed by atoms with Gasteiger partial charge in [0, 0.05) is 0 Å². The molecule has 0 heterocycles. The Morgan fingerprint density at radius 1 is 1.29 bits per heavy atom. The molecule has 0 amide bonds. The van der Waals surface area contributed by atoms with E-state index < -0.39 is 24.6 Å². The minimum absolute atomic E-state index is 0.0692. The van der Waals surface area contributed by atoms with Crippen LogP contribution in [0.1, 0.15) is 17.5 Å². The van der Waals surface area contributed by atoms with E-state index in [1.165, 1.54) is 0 Å². The highest BCUT2D eigenvalue weighted by atomic mass is 16.4. The lowest BCUT2D eigenvalue weighted by molar-refractivity contribution is -0.143. The van der Waals surface area contributed by atoms with Crippen LogP contribution < -0.4 is 0 Å². The molecule has 4 heteroatoms. The Hall–Kier alpha value is -1.39. The lowest BCUT2D eigenvalue weighted by Crippen LogP contribution is -2.24. The zero-order valence-corrected chi connectivity index (χ0v) is 9.84. The highest BCUT2D eigenvalue weighted by molar-refractivity contribution is 5.70. The van der Waals surface area contributed by atoms with Gasteiger partial charge in [0.15, 0.2) is 0 Å². The van der Waals surface area contributed by atoms with Crippen molar-refractivity contribution >= 4 is 5.97 Å². The molecule has 0 aliphatic rings. The lowest BCUT2D eigenvalue weighted by Gasteiger charge is -2.15. The van der Waals surface area contributed by atoms with Crippen LogP contribution in [0.4, 0.5) is 0 Å². The molecule has 0 bridgehead atoms. The SMILES string of the molecule is Cc1ccc(CC(CC(O)CO)C(=O)O)cc1. The Morgan fingerprint density at radius 3 is 2.35 bits per heavy atom. The number of aliphatic hydroxyl groups is 2. The number of benzene rings is 1. The summed E-state index contributed by atoms with van der Waals surface area (Å²) in [5.41, 5.74) is 2.05. The molecule has 94 valence electrons. The van der Waals surface area contributed by atoms with E-state index >= 15 is 0 Å². The summed E-state index contributed by atoms with van der Waals surface area (Å²) in [6.45, 7) is 1.56. The molecule has 0 fully saturated rings. The number of carboxylic acids is 1. The first-order valence-electron chi connectivity index (χ1n) is 5.60. The Balaban J connectivity index is 2.66. The van der Waals surface area contributed by atoms with E-state index in [0.29, 0.717) is 6.42 Å². The van der Waals surface area contributed by atoms with E-state index in [2.05, 4.69) is 0 Å². The summed E-state index contributed by atoms with van der Waals surface area (Å²) >= 11 is 0. The fourth-order valence-electron chi connectivity index (χ4n) is 1.68. The van der Waals surface area contributed by atoms with Crippen LogP contribution in [0, 0.1) is 12.8 Å². The van der Waals surface area contributed by atoms with Gasteiger partial charge in [0.05, 0.1) is 18.6 Å². The van der Waals surface area contributed by atoms with E-state index in [-0.39, 0.29) is 6.42 Å². The minimum atomic E-state index is -0.971. The maximum Gasteiger partial charge on any atom is 0.306 e. The first kappa shape index (κ1) is 13.7. The average Bonchev–Trinajstić information content (AvgIpc) is 2.30.